The maximum atomic E-state index is 12.3. The second-order valence-corrected chi connectivity index (χ2v) is 6.31. The fourth-order valence-corrected chi connectivity index (χ4v) is 3.20. The molecule has 1 aromatic carbocycles. The van der Waals surface area contributed by atoms with Crippen molar-refractivity contribution < 1.29 is 9.32 Å². The molecule has 25 heavy (non-hydrogen) atoms. The minimum atomic E-state index is -0.226. The number of hydrogen-bond acceptors (Lipinski definition) is 5. The number of rotatable bonds is 4. The van der Waals surface area contributed by atoms with Gasteiger partial charge in [0, 0.05) is 24.2 Å². The maximum absolute atomic E-state index is 12.3. The number of carbonyl (C=O) groups is 1. The van der Waals surface area contributed by atoms with E-state index in [1.54, 1.807) is 11.1 Å². The Balaban J connectivity index is 1.59. The Kier molecular flexibility index (Phi) is 4.19. The van der Waals surface area contributed by atoms with Gasteiger partial charge in [-0.15, -0.1) is 0 Å². The second kappa shape index (κ2) is 6.64. The molecule has 1 aliphatic rings. The number of amides is 1. The molecule has 3 heterocycles. The van der Waals surface area contributed by atoms with E-state index in [9.17, 15) is 4.79 Å². The summed E-state index contributed by atoms with van der Waals surface area (Å²) in [6, 6.07) is 12.8. The van der Waals surface area contributed by atoms with Crippen molar-refractivity contribution in [1.29, 1.82) is 0 Å². The van der Waals surface area contributed by atoms with Crippen LogP contribution in [0.4, 0.5) is 0 Å². The highest BCUT2D eigenvalue weighted by Gasteiger charge is 2.36. The Morgan fingerprint density at radius 3 is 2.96 bits per heavy atom. The first-order valence-corrected chi connectivity index (χ1v) is 8.37. The van der Waals surface area contributed by atoms with Crippen LogP contribution >= 0.6 is 11.6 Å². The molecule has 1 aliphatic heterocycles. The number of halogens is 1. The largest absolute Gasteiger partial charge is 0.337 e. The summed E-state index contributed by atoms with van der Waals surface area (Å²) in [5.74, 6) is 0.939. The van der Waals surface area contributed by atoms with Crippen LogP contribution in [-0.4, -0.2) is 25.9 Å². The zero-order chi connectivity index (χ0) is 17.2. The molecule has 0 spiro atoms. The number of benzene rings is 1. The monoisotopic (exact) mass is 354 g/mol. The van der Waals surface area contributed by atoms with Crippen LogP contribution in [-0.2, 0) is 11.3 Å². The number of carbonyl (C=O) groups excluding carboxylic acids is 1. The molecule has 1 saturated heterocycles. The number of hydrogen-bond donors (Lipinski definition) is 0. The molecule has 3 aromatic rings. The molecule has 0 saturated carbocycles. The predicted octanol–water partition coefficient (Wildman–Crippen LogP) is 3.65. The molecule has 126 valence electrons. The van der Waals surface area contributed by atoms with Crippen LogP contribution in [0.3, 0.4) is 0 Å². The topological polar surface area (TPSA) is 72.1 Å². The van der Waals surface area contributed by atoms with Crippen molar-refractivity contribution in [3.63, 3.8) is 0 Å². The Labute approximate surface area is 149 Å². The van der Waals surface area contributed by atoms with E-state index in [2.05, 4.69) is 15.1 Å². The molecule has 0 bridgehead atoms. The lowest BCUT2D eigenvalue weighted by atomic mass is 10.2. The lowest BCUT2D eigenvalue weighted by Gasteiger charge is -2.22. The number of likely N-dealkylation sites (tertiary alicyclic amines) is 1. The molecular weight excluding hydrogens is 340 g/mol. The van der Waals surface area contributed by atoms with Crippen LogP contribution in [0.1, 0.15) is 30.3 Å². The molecule has 0 N–H and O–H groups in total. The van der Waals surface area contributed by atoms with E-state index < -0.39 is 0 Å². The number of nitrogens with zero attached hydrogens (tertiary/aromatic N) is 4. The van der Waals surface area contributed by atoms with E-state index in [1.807, 2.05) is 42.5 Å². The first-order valence-electron chi connectivity index (χ1n) is 7.99. The van der Waals surface area contributed by atoms with Gasteiger partial charge >= 0.3 is 0 Å². The third-order valence-corrected chi connectivity index (χ3v) is 4.43. The molecule has 7 heteroatoms. The molecule has 6 nitrogen and oxygen atoms in total. The highest BCUT2D eigenvalue weighted by molar-refractivity contribution is 6.30. The Hall–Kier alpha value is -2.73. The van der Waals surface area contributed by atoms with E-state index in [1.165, 1.54) is 0 Å². The number of pyridine rings is 1. The third-order valence-electron chi connectivity index (χ3n) is 4.19. The molecule has 0 aliphatic carbocycles. The van der Waals surface area contributed by atoms with Gasteiger partial charge in [-0.25, -0.2) is 0 Å². The minimum Gasteiger partial charge on any atom is -0.337 e. The van der Waals surface area contributed by atoms with Crippen molar-refractivity contribution in [2.24, 2.45) is 0 Å². The molecule has 1 atom stereocenters. The lowest BCUT2D eigenvalue weighted by molar-refractivity contribution is -0.129. The van der Waals surface area contributed by atoms with E-state index in [-0.39, 0.29) is 11.9 Å². The maximum Gasteiger partial charge on any atom is 0.249 e. The Bertz CT molecular complexity index is 897. The molecule has 4 rings (SSSR count). The third kappa shape index (κ3) is 3.25. The van der Waals surface area contributed by atoms with Crippen molar-refractivity contribution in [2.75, 3.05) is 0 Å². The van der Waals surface area contributed by atoms with Crippen molar-refractivity contribution in [2.45, 2.75) is 25.4 Å². The van der Waals surface area contributed by atoms with Crippen LogP contribution in [0.25, 0.3) is 11.5 Å². The normalized spacial score (nSPS) is 17.2. The predicted molar refractivity (Wildman–Crippen MR) is 91.5 cm³/mol. The second-order valence-electron chi connectivity index (χ2n) is 5.88. The average molecular weight is 355 g/mol. The summed E-state index contributed by atoms with van der Waals surface area (Å²) in [6.45, 7) is 0.464. The summed E-state index contributed by atoms with van der Waals surface area (Å²) in [7, 11) is 0. The fraction of sp³-hybridized carbons (Fsp3) is 0.222. The summed E-state index contributed by atoms with van der Waals surface area (Å²) in [5.41, 5.74) is 1.61. The summed E-state index contributed by atoms with van der Waals surface area (Å²) >= 11 is 6.04. The van der Waals surface area contributed by atoms with Crippen LogP contribution < -0.4 is 0 Å². The number of aromatic nitrogens is 3. The van der Waals surface area contributed by atoms with Crippen LogP contribution in [0.2, 0.25) is 5.02 Å². The molecule has 1 amide bonds. The highest BCUT2D eigenvalue weighted by Crippen LogP contribution is 2.34. The SMILES string of the molecule is O=C1CCC(c2nc(-c3ccccn3)no2)N1Cc1cccc(Cl)c1. The molecule has 2 aromatic heterocycles. The zero-order valence-corrected chi connectivity index (χ0v) is 14.1. The van der Waals surface area contributed by atoms with E-state index in [0.717, 1.165) is 5.56 Å². The Morgan fingerprint density at radius 1 is 1.24 bits per heavy atom. The van der Waals surface area contributed by atoms with Crippen molar-refractivity contribution in [3.05, 3.63) is 65.1 Å². The highest BCUT2D eigenvalue weighted by atomic mass is 35.5. The molecule has 1 unspecified atom stereocenters. The van der Waals surface area contributed by atoms with E-state index in [0.29, 0.717) is 41.8 Å². The minimum absolute atomic E-state index is 0.0718. The van der Waals surface area contributed by atoms with Gasteiger partial charge < -0.3 is 9.42 Å². The van der Waals surface area contributed by atoms with Gasteiger partial charge in [0.15, 0.2) is 0 Å². The van der Waals surface area contributed by atoms with E-state index in [4.69, 9.17) is 16.1 Å². The summed E-state index contributed by atoms with van der Waals surface area (Å²) in [6.07, 6.45) is 2.80. The smallest absolute Gasteiger partial charge is 0.249 e. The first kappa shape index (κ1) is 15.8. The first-order chi connectivity index (χ1) is 12.2. The van der Waals surface area contributed by atoms with Crippen LogP contribution in [0.5, 0.6) is 0 Å². The molecule has 1 fully saturated rings. The quantitative estimate of drug-likeness (QED) is 0.715. The van der Waals surface area contributed by atoms with Gasteiger partial charge in [-0.05, 0) is 36.2 Å². The van der Waals surface area contributed by atoms with Gasteiger partial charge in [-0.2, -0.15) is 4.98 Å². The van der Waals surface area contributed by atoms with Gasteiger partial charge in [-0.1, -0.05) is 35.0 Å². The van der Waals surface area contributed by atoms with Gasteiger partial charge in [-0.3, -0.25) is 9.78 Å². The van der Waals surface area contributed by atoms with Gasteiger partial charge in [0.1, 0.15) is 11.7 Å². The molecule has 0 radical (unpaired) electrons. The van der Waals surface area contributed by atoms with Gasteiger partial charge in [0.2, 0.25) is 17.6 Å². The Morgan fingerprint density at radius 2 is 2.16 bits per heavy atom. The summed E-state index contributed by atoms with van der Waals surface area (Å²) < 4.78 is 5.42. The van der Waals surface area contributed by atoms with Gasteiger partial charge in [0.05, 0.1) is 0 Å². The van der Waals surface area contributed by atoms with Crippen LogP contribution in [0, 0.1) is 0 Å². The average Bonchev–Trinajstić information content (AvgIpc) is 3.24. The zero-order valence-electron chi connectivity index (χ0n) is 13.3. The summed E-state index contributed by atoms with van der Waals surface area (Å²) in [4.78, 5) is 22.7. The van der Waals surface area contributed by atoms with Crippen molar-refractivity contribution >= 4 is 17.5 Å². The molecular formula is C18H15ClN4O2. The summed E-state index contributed by atoms with van der Waals surface area (Å²) in [5, 5.41) is 4.65. The van der Waals surface area contributed by atoms with Crippen LogP contribution in [0.15, 0.2) is 53.2 Å². The standard InChI is InChI=1S/C18H15ClN4O2/c19-13-5-3-4-12(10-13)11-23-15(7-8-16(23)24)18-21-17(22-25-18)14-6-1-2-9-20-14/h1-6,9-10,15H,7-8,11H2. The van der Waals surface area contributed by atoms with Crippen molar-refractivity contribution in [3.8, 4) is 11.5 Å². The fourth-order valence-electron chi connectivity index (χ4n) is 2.99. The van der Waals surface area contributed by atoms with Gasteiger partial charge in [0.25, 0.3) is 0 Å². The lowest BCUT2D eigenvalue weighted by Crippen LogP contribution is -2.27. The van der Waals surface area contributed by atoms with E-state index >= 15 is 0 Å². The van der Waals surface area contributed by atoms with Crippen molar-refractivity contribution in [1.82, 2.24) is 20.0 Å².